The molecule has 2 saturated carbocycles. The van der Waals surface area contributed by atoms with Crippen molar-refractivity contribution < 1.29 is 0 Å². The van der Waals surface area contributed by atoms with Gasteiger partial charge in [-0.2, -0.15) is 0 Å². The molecule has 0 spiro atoms. The lowest BCUT2D eigenvalue weighted by molar-refractivity contribution is 0.332. The summed E-state index contributed by atoms with van der Waals surface area (Å²) in [6, 6.07) is 0.533. The predicted molar refractivity (Wildman–Crippen MR) is 38.0 cm³/mol. The molecule has 0 aromatic carbocycles. The highest BCUT2D eigenvalue weighted by molar-refractivity contribution is 5.03. The molecule has 0 aromatic heterocycles. The number of hydrogen-bond donors (Lipinski definition) is 1. The van der Waals surface area contributed by atoms with Crippen LogP contribution >= 0.6 is 0 Å². The zero-order valence-corrected chi connectivity index (χ0v) is 6.06. The molecule has 0 radical (unpaired) electrons. The van der Waals surface area contributed by atoms with Crippen molar-refractivity contribution in [1.29, 1.82) is 0 Å². The summed E-state index contributed by atoms with van der Waals surface area (Å²) >= 11 is 0. The zero-order valence-electron chi connectivity index (χ0n) is 6.06. The normalized spacial score (nSPS) is 56.7. The molecule has 1 heteroatoms. The lowest BCUT2D eigenvalue weighted by Crippen LogP contribution is -2.26. The molecule has 0 amide bonds. The molecule has 52 valence electrons. The van der Waals surface area contributed by atoms with Gasteiger partial charge < -0.3 is 5.73 Å². The Morgan fingerprint density at radius 1 is 1.56 bits per heavy atom. The van der Waals surface area contributed by atoms with Crippen molar-refractivity contribution in [3.63, 3.8) is 0 Å². The van der Waals surface area contributed by atoms with E-state index in [0.29, 0.717) is 6.04 Å². The molecule has 0 aromatic rings. The summed E-state index contributed by atoms with van der Waals surface area (Å²) in [5, 5.41) is 0. The first-order valence-electron chi connectivity index (χ1n) is 3.96. The minimum atomic E-state index is 0.533. The Bertz CT molecular complexity index is 133. The van der Waals surface area contributed by atoms with E-state index in [2.05, 4.69) is 6.92 Å². The third-order valence-electron chi connectivity index (χ3n) is 3.21. The number of nitrogens with two attached hydrogens (primary N) is 1. The van der Waals surface area contributed by atoms with Gasteiger partial charge in [0.1, 0.15) is 0 Å². The van der Waals surface area contributed by atoms with Gasteiger partial charge in [-0.15, -0.1) is 0 Å². The summed E-state index contributed by atoms with van der Waals surface area (Å²) < 4.78 is 0. The van der Waals surface area contributed by atoms with Gasteiger partial charge in [0, 0.05) is 6.04 Å². The van der Waals surface area contributed by atoms with E-state index in [4.69, 9.17) is 5.73 Å². The quantitative estimate of drug-likeness (QED) is 0.522. The molecule has 9 heavy (non-hydrogen) atoms. The molecule has 0 heterocycles. The van der Waals surface area contributed by atoms with Crippen LogP contribution in [0.2, 0.25) is 0 Å². The van der Waals surface area contributed by atoms with Crippen LogP contribution in [0.4, 0.5) is 0 Å². The Morgan fingerprint density at radius 2 is 2.33 bits per heavy atom. The number of rotatable bonds is 0. The molecule has 2 aliphatic rings. The average Bonchev–Trinajstić information content (AvgIpc) is 2.41. The van der Waals surface area contributed by atoms with E-state index in [1.807, 2.05) is 0 Å². The minimum absolute atomic E-state index is 0.533. The van der Waals surface area contributed by atoms with Crippen LogP contribution in [0.15, 0.2) is 0 Å². The maximum atomic E-state index is 5.81. The summed E-state index contributed by atoms with van der Waals surface area (Å²) in [6.45, 7) is 2.41. The second-order valence-electron chi connectivity index (χ2n) is 4.09. The van der Waals surface area contributed by atoms with E-state index < -0.39 is 0 Å². The molecule has 3 atom stereocenters. The molecule has 2 aliphatic carbocycles. The lowest BCUT2D eigenvalue weighted by Gasteiger charge is -2.21. The molecule has 0 aliphatic heterocycles. The number of fused-ring (bicyclic) bond motifs is 1. The summed E-state index contributed by atoms with van der Waals surface area (Å²) in [4.78, 5) is 0. The Kier molecular flexibility index (Phi) is 0.963. The van der Waals surface area contributed by atoms with E-state index in [1.54, 1.807) is 0 Å². The van der Waals surface area contributed by atoms with Crippen LogP contribution < -0.4 is 5.73 Å². The molecule has 3 unspecified atom stereocenters. The first-order valence-corrected chi connectivity index (χ1v) is 3.96. The maximum Gasteiger partial charge on any atom is 0.00418 e. The van der Waals surface area contributed by atoms with Crippen LogP contribution in [0.1, 0.15) is 32.6 Å². The van der Waals surface area contributed by atoms with Crippen molar-refractivity contribution >= 4 is 0 Å². The highest BCUT2D eigenvalue weighted by Gasteiger charge is 2.52. The summed E-state index contributed by atoms with van der Waals surface area (Å²) in [5.74, 6) is 1.00. The SMILES string of the molecule is CC12CCC(N)CC1C2. The first-order chi connectivity index (χ1) is 4.21. The van der Waals surface area contributed by atoms with Gasteiger partial charge in [0.15, 0.2) is 0 Å². The Balaban J connectivity index is 2.01. The Morgan fingerprint density at radius 3 is 2.89 bits per heavy atom. The van der Waals surface area contributed by atoms with Gasteiger partial charge in [-0.3, -0.25) is 0 Å². The third kappa shape index (κ3) is 0.787. The van der Waals surface area contributed by atoms with Crippen LogP contribution in [0.25, 0.3) is 0 Å². The molecular weight excluding hydrogens is 110 g/mol. The summed E-state index contributed by atoms with van der Waals surface area (Å²) in [5.41, 5.74) is 6.56. The molecule has 2 rings (SSSR count). The largest absolute Gasteiger partial charge is 0.328 e. The van der Waals surface area contributed by atoms with E-state index in [9.17, 15) is 0 Å². The van der Waals surface area contributed by atoms with E-state index in [1.165, 1.54) is 25.7 Å². The fourth-order valence-electron chi connectivity index (χ4n) is 2.18. The third-order valence-corrected chi connectivity index (χ3v) is 3.21. The second-order valence-corrected chi connectivity index (χ2v) is 4.09. The fraction of sp³-hybridized carbons (Fsp3) is 1.00. The van der Waals surface area contributed by atoms with Gasteiger partial charge >= 0.3 is 0 Å². The van der Waals surface area contributed by atoms with Crippen LogP contribution in [-0.4, -0.2) is 6.04 Å². The highest BCUT2D eigenvalue weighted by atomic mass is 14.7. The summed E-state index contributed by atoms with van der Waals surface area (Å²) in [7, 11) is 0. The average molecular weight is 125 g/mol. The highest BCUT2D eigenvalue weighted by Crippen LogP contribution is 2.60. The van der Waals surface area contributed by atoms with E-state index in [0.717, 1.165) is 11.3 Å². The minimum Gasteiger partial charge on any atom is -0.328 e. The molecule has 0 saturated heterocycles. The van der Waals surface area contributed by atoms with Crippen LogP contribution in [0.3, 0.4) is 0 Å². The first kappa shape index (κ1) is 5.72. The molecule has 0 bridgehead atoms. The Labute approximate surface area is 56.6 Å². The van der Waals surface area contributed by atoms with Crippen molar-refractivity contribution in [2.45, 2.75) is 38.6 Å². The van der Waals surface area contributed by atoms with Gasteiger partial charge in [0.05, 0.1) is 0 Å². The second kappa shape index (κ2) is 1.51. The van der Waals surface area contributed by atoms with Crippen molar-refractivity contribution in [1.82, 2.24) is 0 Å². The molecule has 2 fully saturated rings. The van der Waals surface area contributed by atoms with Gasteiger partial charge in [-0.05, 0) is 37.0 Å². The molecule has 1 nitrogen and oxygen atoms in total. The van der Waals surface area contributed by atoms with Crippen LogP contribution in [0.5, 0.6) is 0 Å². The molecule has 2 N–H and O–H groups in total. The van der Waals surface area contributed by atoms with Crippen molar-refractivity contribution in [2.24, 2.45) is 17.1 Å². The topological polar surface area (TPSA) is 26.0 Å². The predicted octanol–water partition coefficient (Wildman–Crippen LogP) is 1.52. The summed E-state index contributed by atoms with van der Waals surface area (Å²) in [6.07, 6.45) is 5.42. The number of hydrogen-bond acceptors (Lipinski definition) is 1. The monoisotopic (exact) mass is 125 g/mol. The fourth-order valence-corrected chi connectivity index (χ4v) is 2.18. The standard InChI is InChI=1S/C8H15N/c1-8-3-2-7(9)4-6(8)5-8/h6-7H,2-5,9H2,1H3. The van der Waals surface area contributed by atoms with Crippen molar-refractivity contribution in [3.8, 4) is 0 Å². The van der Waals surface area contributed by atoms with Crippen LogP contribution in [0, 0.1) is 11.3 Å². The van der Waals surface area contributed by atoms with E-state index >= 15 is 0 Å². The van der Waals surface area contributed by atoms with Crippen molar-refractivity contribution in [2.75, 3.05) is 0 Å². The zero-order chi connectivity index (χ0) is 6.48. The van der Waals surface area contributed by atoms with E-state index in [-0.39, 0.29) is 0 Å². The Hall–Kier alpha value is -0.0400. The van der Waals surface area contributed by atoms with Crippen LogP contribution in [-0.2, 0) is 0 Å². The molecular formula is C8H15N. The van der Waals surface area contributed by atoms with Gasteiger partial charge in [-0.1, -0.05) is 6.92 Å². The maximum absolute atomic E-state index is 5.81. The van der Waals surface area contributed by atoms with Crippen molar-refractivity contribution in [3.05, 3.63) is 0 Å². The lowest BCUT2D eigenvalue weighted by atomic mass is 9.87. The van der Waals surface area contributed by atoms with Gasteiger partial charge in [-0.25, -0.2) is 0 Å². The van der Waals surface area contributed by atoms with Gasteiger partial charge in [0.25, 0.3) is 0 Å². The smallest absolute Gasteiger partial charge is 0.00418 e. The van der Waals surface area contributed by atoms with Gasteiger partial charge in [0.2, 0.25) is 0 Å².